The molecule has 0 aliphatic carbocycles. The van der Waals surface area contributed by atoms with Crippen molar-refractivity contribution in [2.45, 2.75) is 53.0 Å². The van der Waals surface area contributed by atoms with Crippen LogP contribution in [0, 0.1) is 22.7 Å². The third-order valence-corrected chi connectivity index (χ3v) is 4.37. The Morgan fingerprint density at radius 2 is 2.11 bits per heavy atom. The predicted octanol–water partition coefficient (Wildman–Crippen LogP) is 4.75. The minimum absolute atomic E-state index is 0.175. The number of rotatable bonds is 8. The summed E-state index contributed by atoms with van der Waals surface area (Å²) in [7, 11) is 0. The molecule has 1 aromatic heterocycles. The Morgan fingerprint density at radius 1 is 1.37 bits per heavy atom. The molecular formula is C16H26N2S. The molecule has 1 rings (SSSR count). The van der Waals surface area contributed by atoms with Crippen LogP contribution in [0.25, 0.3) is 0 Å². The third kappa shape index (κ3) is 5.76. The molecule has 0 radical (unpaired) electrons. The van der Waals surface area contributed by atoms with Gasteiger partial charge >= 0.3 is 0 Å². The van der Waals surface area contributed by atoms with Crippen molar-refractivity contribution >= 4 is 11.3 Å². The number of thiophene rings is 1. The summed E-state index contributed by atoms with van der Waals surface area (Å²) in [5.41, 5.74) is -0.175. The van der Waals surface area contributed by atoms with E-state index < -0.39 is 0 Å². The van der Waals surface area contributed by atoms with Crippen molar-refractivity contribution in [1.29, 1.82) is 5.26 Å². The fourth-order valence-electron chi connectivity index (χ4n) is 2.14. The summed E-state index contributed by atoms with van der Waals surface area (Å²) in [5.74, 6) is 0.606. The average Bonchev–Trinajstić information content (AvgIpc) is 2.86. The van der Waals surface area contributed by atoms with Crippen LogP contribution < -0.4 is 5.32 Å². The monoisotopic (exact) mass is 278 g/mol. The Hall–Kier alpha value is -0.850. The quantitative estimate of drug-likeness (QED) is 0.696. The lowest BCUT2D eigenvalue weighted by molar-refractivity contribution is 0.389. The van der Waals surface area contributed by atoms with E-state index in [2.05, 4.69) is 42.7 Å². The van der Waals surface area contributed by atoms with Crippen molar-refractivity contribution in [2.75, 3.05) is 6.54 Å². The van der Waals surface area contributed by atoms with Gasteiger partial charge in [0, 0.05) is 10.9 Å². The van der Waals surface area contributed by atoms with Crippen molar-refractivity contribution < 1.29 is 0 Å². The molecule has 0 spiro atoms. The van der Waals surface area contributed by atoms with Gasteiger partial charge in [-0.3, -0.25) is 0 Å². The molecule has 0 bridgehead atoms. The van der Waals surface area contributed by atoms with Gasteiger partial charge in [0.25, 0.3) is 0 Å². The second kappa shape index (κ2) is 7.67. The van der Waals surface area contributed by atoms with Gasteiger partial charge in [-0.15, -0.1) is 11.3 Å². The molecule has 1 atom stereocenters. The first kappa shape index (κ1) is 16.2. The van der Waals surface area contributed by atoms with Crippen molar-refractivity contribution in [3.8, 4) is 6.07 Å². The Labute approximate surface area is 121 Å². The fraction of sp³-hybridized carbons (Fsp3) is 0.688. The van der Waals surface area contributed by atoms with Gasteiger partial charge in [0.15, 0.2) is 0 Å². The van der Waals surface area contributed by atoms with Crippen LogP contribution in [-0.4, -0.2) is 6.54 Å². The second-order valence-electron chi connectivity index (χ2n) is 6.14. The highest BCUT2D eigenvalue weighted by molar-refractivity contribution is 7.10. The van der Waals surface area contributed by atoms with Gasteiger partial charge in [0.2, 0.25) is 0 Å². The van der Waals surface area contributed by atoms with E-state index in [1.807, 2.05) is 25.2 Å². The van der Waals surface area contributed by atoms with Gasteiger partial charge in [-0.05, 0) is 50.6 Å². The van der Waals surface area contributed by atoms with E-state index >= 15 is 0 Å². The lowest BCUT2D eigenvalue weighted by atomic mass is 9.89. The Kier molecular flexibility index (Phi) is 6.54. The first-order valence-corrected chi connectivity index (χ1v) is 8.02. The van der Waals surface area contributed by atoms with E-state index in [0.717, 1.165) is 25.8 Å². The maximum absolute atomic E-state index is 8.97. The molecule has 0 aliphatic heterocycles. The highest BCUT2D eigenvalue weighted by atomic mass is 32.1. The van der Waals surface area contributed by atoms with Crippen molar-refractivity contribution in [1.82, 2.24) is 5.32 Å². The van der Waals surface area contributed by atoms with Crippen LogP contribution in [0.15, 0.2) is 17.5 Å². The van der Waals surface area contributed by atoms with Gasteiger partial charge < -0.3 is 5.32 Å². The van der Waals surface area contributed by atoms with Crippen LogP contribution in [0.1, 0.15) is 57.9 Å². The zero-order valence-electron chi connectivity index (χ0n) is 12.6. The molecule has 0 amide bonds. The summed E-state index contributed by atoms with van der Waals surface area (Å²) in [5, 5.41) is 14.8. The third-order valence-electron chi connectivity index (χ3n) is 3.41. The molecule has 0 aliphatic rings. The van der Waals surface area contributed by atoms with Crippen LogP contribution in [-0.2, 0) is 0 Å². The smallest absolute Gasteiger partial charge is 0.0683 e. The predicted molar refractivity (Wildman–Crippen MR) is 83.1 cm³/mol. The number of nitrogens with zero attached hydrogens (tertiary/aromatic N) is 1. The van der Waals surface area contributed by atoms with E-state index in [0.29, 0.717) is 12.0 Å². The summed E-state index contributed by atoms with van der Waals surface area (Å²) >= 11 is 1.83. The zero-order valence-corrected chi connectivity index (χ0v) is 13.4. The summed E-state index contributed by atoms with van der Waals surface area (Å²) in [6, 6.07) is 7.15. The van der Waals surface area contributed by atoms with Gasteiger partial charge in [0.05, 0.1) is 11.5 Å². The van der Waals surface area contributed by atoms with Crippen molar-refractivity contribution in [2.24, 2.45) is 11.3 Å². The van der Waals surface area contributed by atoms with Crippen LogP contribution in [0.2, 0.25) is 0 Å². The Balaban J connectivity index is 2.29. The SMILES string of the molecule is CC(C)C(NCCCCC(C)(C)C#N)c1cccs1. The molecule has 19 heavy (non-hydrogen) atoms. The molecule has 0 aromatic carbocycles. The first-order chi connectivity index (χ1) is 8.96. The molecule has 0 saturated heterocycles. The lowest BCUT2D eigenvalue weighted by Crippen LogP contribution is -2.26. The average molecular weight is 278 g/mol. The minimum atomic E-state index is -0.175. The molecule has 0 saturated carbocycles. The lowest BCUT2D eigenvalue weighted by Gasteiger charge is -2.22. The fourth-order valence-corrected chi connectivity index (χ4v) is 3.11. The normalized spacial score (nSPS) is 13.5. The van der Waals surface area contributed by atoms with Crippen LogP contribution in [0.3, 0.4) is 0 Å². The topological polar surface area (TPSA) is 35.8 Å². The summed E-state index contributed by atoms with van der Waals surface area (Å²) in [4.78, 5) is 1.42. The number of unbranched alkanes of at least 4 members (excludes halogenated alkanes) is 1. The second-order valence-corrected chi connectivity index (χ2v) is 7.12. The maximum Gasteiger partial charge on any atom is 0.0683 e. The molecule has 106 valence electrons. The van der Waals surface area contributed by atoms with Crippen LogP contribution in [0.5, 0.6) is 0 Å². The van der Waals surface area contributed by atoms with Gasteiger partial charge in [-0.2, -0.15) is 5.26 Å². The standard InChI is InChI=1S/C16H26N2S/c1-13(2)15(14-8-7-11-19-14)18-10-6-5-9-16(3,4)12-17/h7-8,11,13,15,18H,5-6,9-10H2,1-4H3. The largest absolute Gasteiger partial charge is 0.309 e. The molecule has 0 fully saturated rings. The zero-order chi connectivity index (χ0) is 14.3. The highest BCUT2D eigenvalue weighted by Gasteiger charge is 2.17. The number of hydrogen-bond donors (Lipinski definition) is 1. The van der Waals surface area contributed by atoms with Crippen molar-refractivity contribution in [3.63, 3.8) is 0 Å². The van der Waals surface area contributed by atoms with Crippen molar-refractivity contribution in [3.05, 3.63) is 22.4 Å². The molecule has 2 nitrogen and oxygen atoms in total. The molecule has 1 heterocycles. The molecule has 1 N–H and O–H groups in total. The summed E-state index contributed by atoms with van der Waals surface area (Å²) < 4.78 is 0. The summed E-state index contributed by atoms with van der Waals surface area (Å²) in [6.07, 6.45) is 3.24. The maximum atomic E-state index is 8.97. The summed E-state index contributed by atoms with van der Waals surface area (Å²) in [6.45, 7) is 9.58. The number of nitrogens with one attached hydrogen (secondary N) is 1. The highest BCUT2D eigenvalue weighted by Crippen LogP contribution is 2.26. The van der Waals surface area contributed by atoms with Crippen LogP contribution >= 0.6 is 11.3 Å². The van der Waals surface area contributed by atoms with E-state index in [1.165, 1.54) is 4.88 Å². The van der Waals surface area contributed by atoms with Crippen LogP contribution in [0.4, 0.5) is 0 Å². The van der Waals surface area contributed by atoms with E-state index in [1.54, 1.807) is 0 Å². The molecule has 1 aromatic rings. The molecular weight excluding hydrogens is 252 g/mol. The Bertz CT molecular complexity index is 387. The minimum Gasteiger partial charge on any atom is -0.309 e. The van der Waals surface area contributed by atoms with E-state index in [4.69, 9.17) is 5.26 Å². The van der Waals surface area contributed by atoms with E-state index in [9.17, 15) is 0 Å². The Morgan fingerprint density at radius 3 is 2.63 bits per heavy atom. The van der Waals surface area contributed by atoms with Gasteiger partial charge in [-0.25, -0.2) is 0 Å². The van der Waals surface area contributed by atoms with Gasteiger partial charge in [-0.1, -0.05) is 26.3 Å². The van der Waals surface area contributed by atoms with E-state index in [-0.39, 0.29) is 5.41 Å². The van der Waals surface area contributed by atoms with Gasteiger partial charge in [0.1, 0.15) is 0 Å². The first-order valence-electron chi connectivity index (χ1n) is 7.14. The molecule has 1 unspecified atom stereocenters. The number of nitriles is 1. The molecule has 3 heteroatoms. The number of hydrogen-bond acceptors (Lipinski definition) is 3.